The monoisotopic (exact) mass is 247 g/mol. The zero-order valence-electron chi connectivity index (χ0n) is 10.9. The number of allylic oxidation sites excluding steroid dienone is 2. The lowest BCUT2D eigenvalue weighted by Gasteiger charge is -2.31. The molecule has 1 aromatic rings. The second kappa shape index (κ2) is 6.34. The van der Waals surface area contributed by atoms with Gasteiger partial charge in [-0.3, -0.25) is 0 Å². The van der Waals surface area contributed by atoms with Gasteiger partial charge in [0.25, 0.3) is 5.79 Å². The van der Waals surface area contributed by atoms with Gasteiger partial charge in [0.05, 0.1) is 18.9 Å². The summed E-state index contributed by atoms with van der Waals surface area (Å²) < 4.78 is 11.7. The molecular weight excluding hydrogens is 226 g/mol. The summed E-state index contributed by atoms with van der Waals surface area (Å²) in [5, 5.41) is 0. The Hall–Kier alpha value is -1.64. The molecule has 2 heterocycles. The van der Waals surface area contributed by atoms with Gasteiger partial charge in [0.15, 0.2) is 0 Å². The first-order chi connectivity index (χ1) is 8.85. The van der Waals surface area contributed by atoms with Crippen LogP contribution in [0.25, 0.3) is 0 Å². The maximum absolute atomic E-state index is 5.83. The van der Waals surface area contributed by atoms with Crippen molar-refractivity contribution in [1.82, 2.24) is 4.98 Å². The fraction of sp³-hybridized carbons (Fsp3) is 0.467. The van der Waals surface area contributed by atoms with Crippen LogP contribution in [-0.2, 0) is 15.9 Å². The van der Waals surface area contributed by atoms with Crippen LogP contribution in [0.5, 0.6) is 0 Å². The highest BCUT2D eigenvalue weighted by atomic mass is 16.7. The first-order valence-electron chi connectivity index (χ1n) is 6.64. The number of hydrogen-bond acceptors (Lipinski definition) is 2. The van der Waals surface area contributed by atoms with Gasteiger partial charge in [0, 0.05) is 18.3 Å². The van der Waals surface area contributed by atoms with Crippen LogP contribution in [0, 0.1) is 0 Å². The molecule has 98 valence electrons. The van der Waals surface area contributed by atoms with Gasteiger partial charge < -0.3 is 14.5 Å². The van der Waals surface area contributed by atoms with E-state index in [1.54, 1.807) is 12.5 Å². The summed E-state index contributed by atoms with van der Waals surface area (Å²) in [7, 11) is 0. The third-order valence-electron chi connectivity index (χ3n) is 3.12. The molecular formula is C15H21NO2. The van der Waals surface area contributed by atoms with E-state index < -0.39 is 5.79 Å². The lowest BCUT2D eigenvalue weighted by Crippen LogP contribution is -2.35. The van der Waals surface area contributed by atoms with Crippen molar-refractivity contribution in [3.8, 4) is 0 Å². The molecule has 18 heavy (non-hydrogen) atoms. The molecule has 1 aromatic heterocycles. The van der Waals surface area contributed by atoms with Crippen molar-refractivity contribution >= 4 is 0 Å². The molecule has 1 aliphatic rings. The van der Waals surface area contributed by atoms with Crippen molar-refractivity contribution in [3.05, 3.63) is 48.7 Å². The molecule has 0 amide bonds. The van der Waals surface area contributed by atoms with Crippen LogP contribution in [0.2, 0.25) is 0 Å². The smallest absolute Gasteiger partial charge is 0.254 e. The highest BCUT2D eigenvalue weighted by Gasteiger charge is 2.33. The number of unbranched alkanes of at least 4 members (excludes halogenated alkanes) is 2. The molecule has 3 heteroatoms. The van der Waals surface area contributed by atoms with Crippen molar-refractivity contribution in [1.29, 1.82) is 0 Å². The number of nitrogens with one attached hydrogen (secondary N) is 1. The predicted octanol–water partition coefficient (Wildman–Crippen LogP) is 3.91. The highest BCUT2D eigenvalue weighted by Crippen LogP contribution is 2.28. The Morgan fingerprint density at radius 1 is 1.17 bits per heavy atom. The number of ether oxygens (including phenoxy) is 2. The fourth-order valence-electron chi connectivity index (χ4n) is 2.15. The molecule has 0 fully saturated rings. The third-order valence-corrected chi connectivity index (χ3v) is 3.12. The molecule has 3 nitrogen and oxygen atoms in total. The van der Waals surface area contributed by atoms with Crippen LogP contribution in [0.1, 0.15) is 38.3 Å². The molecule has 0 atom stereocenters. The minimum absolute atomic E-state index is 0.566. The topological polar surface area (TPSA) is 34.2 Å². The van der Waals surface area contributed by atoms with Crippen LogP contribution < -0.4 is 0 Å². The predicted molar refractivity (Wildman–Crippen MR) is 71.8 cm³/mol. The van der Waals surface area contributed by atoms with Gasteiger partial charge in [-0.1, -0.05) is 19.8 Å². The number of aromatic amines is 1. The Bertz CT molecular complexity index is 379. The molecule has 0 bridgehead atoms. The Kier molecular flexibility index (Phi) is 4.51. The Balaban J connectivity index is 2.05. The van der Waals surface area contributed by atoms with Crippen LogP contribution in [0.3, 0.4) is 0 Å². The number of aromatic nitrogens is 1. The van der Waals surface area contributed by atoms with E-state index >= 15 is 0 Å². The fourth-order valence-corrected chi connectivity index (χ4v) is 2.15. The lowest BCUT2D eigenvalue weighted by atomic mass is 10.0. The molecule has 0 radical (unpaired) electrons. The van der Waals surface area contributed by atoms with E-state index in [9.17, 15) is 0 Å². The average Bonchev–Trinajstić information content (AvgIpc) is 2.76. The van der Waals surface area contributed by atoms with E-state index in [0.29, 0.717) is 0 Å². The summed E-state index contributed by atoms with van der Waals surface area (Å²) in [5.74, 6) is -0.566. The van der Waals surface area contributed by atoms with Gasteiger partial charge >= 0.3 is 0 Å². The maximum atomic E-state index is 5.83. The van der Waals surface area contributed by atoms with Crippen molar-refractivity contribution in [2.24, 2.45) is 0 Å². The molecule has 0 aliphatic carbocycles. The summed E-state index contributed by atoms with van der Waals surface area (Å²) in [5.41, 5.74) is 1.13. The van der Waals surface area contributed by atoms with E-state index in [0.717, 1.165) is 25.0 Å². The first kappa shape index (κ1) is 12.8. The number of H-pyrrole nitrogens is 1. The molecule has 0 aromatic carbocycles. The molecule has 0 spiro atoms. The normalized spacial score (nSPS) is 16.9. The second-order valence-electron chi connectivity index (χ2n) is 4.63. The molecule has 0 saturated carbocycles. The molecule has 1 aliphatic heterocycles. The second-order valence-corrected chi connectivity index (χ2v) is 4.63. The van der Waals surface area contributed by atoms with E-state index in [1.165, 1.54) is 12.8 Å². The van der Waals surface area contributed by atoms with Gasteiger partial charge in [-0.15, -0.1) is 0 Å². The first-order valence-corrected chi connectivity index (χ1v) is 6.64. The van der Waals surface area contributed by atoms with Gasteiger partial charge in [-0.25, -0.2) is 0 Å². The SMILES string of the molecule is CCCCCC1(Cc2ccc[nH]2)OC=CC=CO1. The van der Waals surface area contributed by atoms with Gasteiger partial charge in [-0.2, -0.15) is 0 Å². The summed E-state index contributed by atoms with van der Waals surface area (Å²) in [6.45, 7) is 2.20. The standard InChI is InChI=1S/C15H21NO2/c1-2-3-4-9-15(13-14-8-7-10-16-14)17-11-5-6-12-18-15/h5-8,10-12,16H,2-4,9,13H2,1H3. The van der Waals surface area contributed by atoms with Gasteiger partial charge in [0.1, 0.15) is 0 Å². The van der Waals surface area contributed by atoms with Crippen LogP contribution in [-0.4, -0.2) is 10.8 Å². The zero-order chi connectivity index (χ0) is 12.7. The quantitative estimate of drug-likeness (QED) is 0.773. The molecule has 0 unspecified atom stereocenters. The van der Waals surface area contributed by atoms with Crippen molar-refractivity contribution < 1.29 is 9.47 Å². The van der Waals surface area contributed by atoms with E-state index in [2.05, 4.69) is 18.0 Å². The van der Waals surface area contributed by atoms with Crippen LogP contribution in [0.4, 0.5) is 0 Å². The minimum atomic E-state index is -0.566. The Morgan fingerprint density at radius 2 is 1.94 bits per heavy atom. The minimum Gasteiger partial charge on any atom is -0.460 e. The summed E-state index contributed by atoms with van der Waals surface area (Å²) in [4.78, 5) is 3.21. The number of hydrogen-bond donors (Lipinski definition) is 1. The Morgan fingerprint density at radius 3 is 2.56 bits per heavy atom. The average molecular weight is 247 g/mol. The van der Waals surface area contributed by atoms with Crippen molar-refractivity contribution in [3.63, 3.8) is 0 Å². The van der Waals surface area contributed by atoms with E-state index in [4.69, 9.17) is 9.47 Å². The summed E-state index contributed by atoms with van der Waals surface area (Å²) >= 11 is 0. The molecule has 0 saturated heterocycles. The zero-order valence-corrected chi connectivity index (χ0v) is 10.9. The van der Waals surface area contributed by atoms with Gasteiger partial charge in [0.2, 0.25) is 0 Å². The largest absolute Gasteiger partial charge is 0.460 e. The summed E-state index contributed by atoms with van der Waals surface area (Å²) in [6.07, 6.45) is 14.2. The van der Waals surface area contributed by atoms with E-state index in [-0.39, 0.29) is 0 Å². The maximum Gasteiger partial charge on any atom is 0.254 e. The Labute approximate surface area is 108 Å². The number of rotatable bonds is 6. The van der Waals surface area contributed by atoms with Crippen LogP contribution in [0.15, 0.2) is 43.0 Å². The van der Waals surface area contributed by atoms with Crippen LogP contribution >= 0.6 is 0 Å². The van der Waals surface area contributed by atoms with E-state index in [1.807, 2.05) is 24.4 Å². The molecule has 2 rings (SSSR count). The van der Waals surface area contributed by atoms with Crippen molar-refractivity contribution in [2.45, 2.75) is 44.8 Å². The van der Waals surface area contributed by atoms with Crippen molar-refractivity contribution in [2.75, 3.05) is 0 Å². The molecule has 1 N–H and O–H groups in total. The summed E-state index contributed by atoms with van der Waals surface area (Å²) in [6, 6.07) is 4.06. The third kappa shape index (κ3) is 3.42. The lowest BCUT2D eigenvalue weighted by molar-refractivity contribution is -0.176. The van der Waals surface area contributed by atoms with Gasteiger partial charge in [-0.05, 0) is 30.7 Å². The highest BCUT2D eigenvalue weighted by molar-refractivity contribution is 5.08.